The van der Waals surface area contributed by atoms with Gasteiger partial charge in [0.2, 0.25) is 0 Å². The van der Waals surface area contributed by atoms with E-state index in [2.05, 4.69) is 44.2 Å². The van der Waals surface area contributed by atoms with Gasteiger partial charge in [0.1, 0.15) is 0 Å². The first-order valence-corrected chi connectivity index (χ1v) is 6.07. The highest BCUT2D eigenvalue weighted by molar-refractivity contribution is 5.11. The lowest BCUT2D eigenvalue weighted by molar-refractivity contribution is 0.266. The van der Waals surface area contributed by atoms with Crippen LogP contribution in [-0.4, -0.2) is 22.4 Å². The summed E-state index contributed by atoms with van der Waals surface area (Å²) < 4.78 is 1.99. The highest BCUT2D eigenvalue weighted by Gasteiger charge is 2.24. The first kappa shape index (κ1) is 13.2. The second kappa shape index (κ2) is 5.00. The molecule has 0 saturated carbocycles. The summed E-state index contributed by atoms with van der Waals surface area (Å²) in [6, 6.07) is 2.67. The van der Waals surface area contributed by atoms with Crippen LogP contribution in [-0.2, 0) is 13.5 Å². The molecule has 0 aliphatic carbocycles. The Morgan fingerprint density at radius 1 is 1.44 bits per heavy atom. The summed E-state index contributed by atoms with van der Waals surface area (Å²) >= 11 is 0. The van der Waals surface area contributed by atoms with Gasteiger partial charge in [-0.3, -0.25) is 4.68 Å². The van der Waals surface area contributed by atoms with Gasteiger partial charge in [0.25, 0.3) is 0 Å². The molecule has 3 heteroatoms. The summed E-state index contributed by atoms with van der Waals surface area (Å²) in [6.07, 6.45) is 1.04. The summed E-state index contributed by atoms with van der Waals surface area (Å²) in [7, 11) is 2.02. The second-order valence-corrected chi connectivity index (χ2v) is 5.58. The predicted molar refractivity (Wildman–Crippen MR) is 68.6 cm³/mol. The maximum atomic E-state index is 4.40. The molecule has 0 bridgehead atoms. The molecular weight excluding hydrogens is 198 g/mol. The smallest absolute Gasteiger partial charge is 0.0596 e. The largest absolute Gasteiger partial charge is 0.313 e. The molecule has 0 aromatic carbocycles. The summed E-state index contributed by atoms with van der Waals surface area (Å²) in [5.41, 5.74) is 2.67. The van der Waals surface area contributed by atoms with Crippen molar-refractivity contribution in [3.8, 4) is 0 Å². The third-order valence-corrected chi connectivity index (χ3v) is 3.01. The van der Waals surface area contributed by atoms with E-state index in [1.165, 1.54) is 5.69 Å². The summed E-state index contributed by atoms with van der Waals surface area (Å²) in [4.78, 5) is 0. The number of rotatable bonds is 4. The topological polar surface area (TPSA) is 29.9 Å². The van der Waals surface area contributed by atoms with Gasteiger partial charge in [0.05, 0.1) is 5.69 Å². The molecule has 1 unspecified atom stereocenters. The Morgan fingerprint density at radius 3 is 2.44 bits per heavy atom. The van der Waals surface area contributed by atoms with Crippen molar-refractivity contribution in [3.05, 3.63) is 17.5 Å². The van der Waals surface area contributed by atoms with E-state index in [0.29, 0.717) is 6.04 Å². The monoisotopic (exact) mass is 223 g/mol. The molecule has 0 fully saturated rings. The minimum absolute atomic E-state index is 0.272. The zero-order valence-electron chi connectivity index (χ0n) is 11.5. The molecule has 0 amide bonds. The first-order valence-electron chi connectivity index (χ1n) is 6.07. The van der Waals surface area contributed by atoms with Gasteiger partial charge in [-0.15, -0.1) is 0 Å². The SMILES string of the molecule is CCNC(Cc1cc(C)nn1C)C(C)(C)C. The Balaban J connectivity index is 2.79. The van der Waals surface area contributed by atoms with Gasteiger partial charge < -0.3 is 5.32 Å². The van der Waals surface area contributed by atoms with E-state index < -0.39 is 0 Å². The van der Waals surface area contributed by atoms with Crippen molar-refractivity contribution < 1.29 is 0 Å². The quantitative estimate of drug-likeness (QED) is 0.849. The molecule has 0 aliphatic heterocycles. The van der Waals surface area contributed by atoms with Crippen LogP contribution in [0.4, 0.5) is 0 Å². The molecular formula is C13H25N3. The van der Waals surface area contributed by atoms with E-state index in [1.807, 2.05) is 18.7 Å². The lowest BCUT2D eigenvalue weighted by Crippen LogP contribution is -2.42. The van der Waals surface area contributed by atoms with Crippen LogP contribution in [0.2, 0.25) is 0 Å². The Kier molecular flexibility index (Phi) is 4.14. The maximum absolute atomic E-state index is 4.40. The van der Waals surface area contributed by atoms with Crippen molar-refractivity contribution in [2.75, 3.05) is 6.54 Å². The van der Waals surface area contributed by atoms with Crippen molar-refractivity contribution in [3.63, 3.8) is 0 Å². The summed E-state index contributed by atoms with van der Waals surface area (Å²) in [5.74, 6) is 0. The zero-order chi connectivity index (χ0) is 12.3. The number of aromatic nitrogens is 2. The molecule has 1 rings (SSSR count). The number of hydrogen-bond donors (Lipinski definition) is 1. The van der Waals surface area contributed by atoms with Crippen LogP contribution in [0.5, 0.6) is 0 Å². The van der Waals surface area contributed by atoms with Crippen LogP contribution in [0.25, 0.3) is 0 Å². The normalized spacial score (nSPS) is 14.1. The Labute approximate surface area is 99.2 Å². The van der Waals surface area contributed by atoms with Crippen molar-refractivity contribution >= 4 is 0 Å². The number of nitrogens with zero attached hydrogens (tertiary/aromatic N) is 2. The van der Waals surface area contributed by atoms with Gasteiger partial charge in [-0.2, -0.15) is 5.10 Å². The highest BCUT2D eigenvalue weighted by Crippen LogP contribution is 2.22. The van der Waals surface area contributed by atoms with E-state index in [9.17, 15) is 0 Å². The van der Waals surface area contributed by atoms with Crippen molar-refractivity contribution in [1.29, 1.82) is 0 Å². The summed E-state index contributed by atoms with van der Waals surface area (Å²) in [5, 5.41) is 7.96. The lowest BCUT2D eigenvalue weighted by atomic mass is 9.84. The molecule has 0 radical (unpaired) electrons. The number of likely N-dealkylation sites (N-methyl/N-ethyl adjacent to an activating group) is 1. The van der Waals surface area contributed by atoms with Crippen LogP contribution in [0.1, 0.15) is 39.1 Å². The molecule has 1 N–H and O–H groups in total. The van der Waals surface area contributed by atoms with E-state index in [0.717, 1.165) is 18.7 Å². The van der Waals surface area contributed by atoms with Crippen molar-refractivity contribution in [2.45, 2.75) is 47.1 Å². The van der Waals surface area contributed by atoms with E-state index in [4.69, 9.17) is 0 Å². The Bertz CT molecular complexity index is 333. The average Bonchev–Trinajstić information content (AvgIpc) is 2.43. The fourth-order valence-electron chi connectivity index (χ4n) is 2.00. The molecule has 3 nitrogen and oxygen atoms in total. The molecule has 0 aliphatic rings. The molecule has 0 spiro atoms. The van der Waals surface area contributed by atoms with Crippen molar-refractivity contribution in [1.82, 2.24) is 15.1 Å². The third-order valence-electron chi connectivity index (χ3n) is 3.01. The molecule has 1 aromatic rings. The van der Waals surface area contributed by atoms with E-state index >= 15 is 0 Å². The van der Waals surface area contributed by atoms with Gasteiger partial charge in [-0.05, 0) is 24.9 Å². The van der Waals surface area contributed by atoms with Crippen LogP contribution in [0.15, 0.2) is 6.07 Å². The minimum atomic E-state index is 0.272. The van der Waals surface area contributed by atoms with Crippen LogP contribution < -0.4 is 5.32 Å². The first-order chi connectivity index (χ1) is 7.34. The van der Waals surface area contributed by atoms with Gasteiger partial charge in [0, 0.05) is 25.2 Å². The predicted octanol–water partition coefficient (Wildman–Crippen LogP) is 2.30. The number of nitrogens with one attached hydrogen (secondary N) is 1. The van der Waals surface area contributed by atoms with Crippen LogP contribution in [0, 0.1) is 12.3 Å². The highest BCUT2D eigenvalue weighted by atomic mass is 15.3. The lowest BCUT2D eigenvalue weighted by Gasteiger charge is -2.31. The Hall–Kier alpha value is -0.830. The third kappa shape index (κ3) is 3.34. The van der Waals surface area contributed by atoms with Crippen LogP contribution in [0.3, 0.4) is 0 Å². The molecule has 92 valence electrons. The molecule has 0 saturated heterocycles. The minimum Gasteiger partial charge on any atom is -0.313 e. The Morgan fingerprint density at radius 2 is 2.06 bits per heavy atom. The maximum Gasteiger partial charge on any atom is 0.0596 e. The van der Waals surface area contributed by atoms with Crippen molar-refractivity contribution in [2.24, 2.45) is 12.5 Å². The van der Waals surface area contributed by atoms with Gasteiger partial charge in [-0.25, -0.2) is 0 Å². The number of aryl methyl sites for hydroxylation is 2. The molecule has 1 atom stereocenters. The van der Waals surface area contributed by atoms with E-state index in [1.54, 1.807) is 0 Å². The van der Waals surface area contributed by atoms with Crippen LogP contribution >= 0.6 is 0 Å². The molecule has 16 heavy (non-hydrogen) atoms. The van der Waals surface area contributed by atoms with Gasteiger partial charge >= 0.3 is 0 Å². The van der Waals surface area contributed by atoms with Gasteiger partial charge in [0.15, 0.2) is 0 Å². The molecule has 1 aromatic heterocycles. The van der Waals surface area contributed by atoms with Gasteiger partial charge in [-0.1, -0.05) is 27.7 Å². The standard InChI is InChI=1S/C13H25N3/c1-7-14-12(13(3,4)5)9-11-8-10(2)15-16(11)6/h8,12,14H,7,9H2,1-6H3. The zero-order valence-corrected chi connectivity index (χ0v) is 11.5. The average molecular weight is 223 g/mol. The fraction of sp³-hybridized carbons (Fsp3) is 0.769. The summed E-state index contributed by atoms with van der Waals surface area (Å²) in [6.45, 7) is 12.1. The fourth-order valence-corrected chi connectivity index (χ4v) is 2.00. The number of hydrogen-bond acceptors (Lipinski definition) is 2. The second-order valence-electron chi connectivity index (χ2n) is 5.58. The molecule has 1 heterocycles. The van der Waals surface area contributed by atoms with E-state index in [-0.39, 0.29) is 5.41 Å².